The Morgan fingerprint density at radius 3 is 1.88 bits per heavy atom. The highest BCUT2D eigenvalue weighted by molar-refractivity contribution is 8.06. The van der Waals surface area contributed by atoms with E-state index in [1.165, 1.54) is 0 Å². The molecule has 0 aromatic rings. The summed E-state index contributed by atoms with van der Waals surface area (Å²) < 4.78 is 47.2. The van der Waals surface area contributed by atoms with Crippen LogP contribution in [0.2, 0.25) is 0 Å². The number of nitrogens with one attached hydrogen (secondary N) is 1. The molecule has 0 aliphatic heterocycles. The Labute approximate surface area is 109 Å². The SMILES string of the molecule is CCC(CC)(CCl)CNS(=O)(=O)CS(C)(=O)=O. The Hall–Kier alpha value is 0.150. The summed E-state index contributed by atoms with van der Waals surface area (Å²) in [7, 11) is -7.35. The molecule has 1 N–H and O–H groups in total. The molecule has 5 nitrogen and oxygen atoms in total. The van der Waals surface area contributed by atoms with Crippen molar-refractivity contribution < 1.29 is 16.8 Å². The molecule has 0 bridgehead atoms. The van der Waals surface area contributed by atoms with Crippen molar-refractivity contribution in [1.82, 2.24) is 4.72 Å². The van der Waals surface area contributed by atoms with Crippen LogP contribution in [0, 0.1) is 5.41 Å². The first-order valence-electron chi connectivity index (χ1n) is 5.31. The molecule has 0 saturated carbocycles. The highest BCUT2D eigenvalue weighted by Crippen LogP contribution is 2.27. The van der Waals surface area contributed by atoms with Gasteiger partial charge in [0.25, 0.3) is 0 Å². The van der Waals surface area contributed by atoms with Gasteiger partial charge in [0, 0.05) is 18.7 Å². The summed E-state index contributed by atoms with van der Waals surface area (Å²) in [5.74, 6) is 0.335. The lowest BCUT2D eigenvalue weighted by Gasteiger charge is -2.29. The summed E-state index contributed by atoms with van der Waals surface area (Å²) in [5, 5.41) is -0.883. The van der Waals surface area contributed by atoms with Crippen molar-refractivity contribution in [1.29, 1.82) is 0 Å². The van der Waals surface area contributed by atoms with Gasteiger partial charge in [0.15, 0.2) is 14.9 Å². The van der Waals surface area contributed by atoms with Crippen LogP contribution in [0.1, 0.15) is 26.7 Å². The first kappa shape index (κ1) is 17.2. The fourth-order valence-electron chi connectivity index (χ4n) is 1.32. The maximum absolute atomic E-state index is 11.5. The van der Waals surface area contributed by atoms with E-state index in [0.717, 1.165) is 19.1 Å². The Balaban J connectivity index is 4.66. The molecule has 0 heterocycles. The lowest BCUT2D eigenvalue weighted by atomic mass is 9.85. The minimum absolute atomic E-state index is 0.168. The zero-order chi connectivity index (χ0) is 13.7. The third-order valence-corrected chi connectivity index (χ3v) is 6.92. The summed E-state index contributed by atoms with van der Waals surface area (Å²) in [5.41, 5.74) is -0.313. The Bertz CT molecular complexity index is 418. The second-order valence-electron chi connectivity index (χ2n) is 4.32. The molecule has 0 rings (SSSR count). The molecule has 0 aromatic heterocycles. The van der Waals surface area contributed by atoms with Crippen LogP contribution in [0.15, 0.2) is 0 Å². The smallest absolute Gasteiger partial charge is 0.226 e. The van der Waals surface area contributed by atoms with Crippen molar-refractivity contribution >= 4 is 31.5 Å². The molecular weight excluding hydrogens is 286 g/mol. The predicted molar refractivity (Wildman–Crippen MR) is 70.4 cm³/mol. The number of hydrogen-bond acceptors (Lipinski definition) is 4. The molecule has 0 aromatic carbocycles. The molecule has 0 spiro atoms. The standard InChI is InChI=1S/C9H20ClNO4S2/c1-4-9(5-2,6-10)7-11-17(14,15)8-16(3,12)13/h11H,4-8H2,1-3H3. The van der Waals surface area contributed by atoms with Crippen LogP contribution < -0.4 is 4.72 Å². The lowest BCUT2D eigenvalue weighted by molar-refractivity contribution is 0.305. The van der Waals surface area contributed by atoms with E-state index >= 15 is 0 Å². The maximum Gasteiger partial charge on any atom is 0.226 e. The molecule has 0 aliphatic rings. The van der Waals surface area contributed by atoms with Gasteiger partial charge in [-0.3, -0.25) is 0 Å². The number of rotatable bonds is 8. The average Bonchev–Trinajstić information content (AvgIpc) is 2.17. The molecular formula is C9H20ClNO4S2. The second-order valence-corrected chi connectivity index (χ2v) is 8.90. The average molecular weight is 306 g/mol. The van der Waals surface area contributed by atoms with Gasteiger partial charge < -0.3 is 0 Å². The Kier molecular flexibility index (Phi) is 6.41. The van der Waals surface area contributed by atoms with Gasteiger partial charge in [-0.2, -0.15) is 0 Å². The molecule has 104 valence electrons. The van der Waals surface area contributed by atoms with Crippen LogP contribution in [0.5, 0.6) is 0 Å². The number of hydrogen-bond donors (Lipinski definition) is 1. The van der Waals surface area contributed by atoms with E-state index in [0.29, 0.717) is 5.88 Å². The fourth-order valence-corrected chi connectivity index (χ4v) is 4.91. The fraction of sp³-hybridized carbons (Fsp3) is 1.00. The second kappa shape index (κ2) is 6.36. The normalized spacial score (nSPS) is 13.9. The monoisotopic (exact) mass is 305 g/mol. The molecule has 0 amide bonds. The van der Waals surface area contributed by atoms with Crippen molar-refractivity contribution in [2.75, 3.05) is 23.8 Å². The predicted octanol–water partition coefficient (Wildman–Crippen LogP) is 0.953. The van der Waals surface area contributed by atoms with E-state index in [2.05, 4.69) is 4.72 Å². The van der Waals surface area contributed by atoms with Crippen LogP contribution in [0.3, 0.4) is 0 Å². The third-order valence-electron chi connectivity index (χ3n) is 2.82. The summed E-state index contributed by atoms with van der Waals surface area (Å²) in [4.78, 5) is 0. The van der Waals surface area contributed by atoms with Crippen molar-refractivity contribution in [2.24, 2.45) is 5.41 Å². The van der Waals surface area contributed by atoms with Crippen molar-refractivity contribution in [2.45, 2.75) is 26.7 Å². The number of sulfone groups is 1. The van der Waals surface area contributed by atoms with Crippen molar-refractivity contribution in [3.05, 3.63) is 0 Å². The minimum Gasteiger partial charge on any atom is -0.228 e. The molecule has 0 radical (unpaired) electrons. The van der Waals surface area contributed by atoms with Gasteiger partial charge in [-0.15, -0.1) is 11.6 Å². The molecule has 0 fully saturated rings. The highest BCUT2D eigenvalue weighted by Gasteiger charge is 2.28. The van der Waals surface area contributed by atoms with Gasteiger partial charge >= 0.3 is 0 Å². The number of halogens is 1. The van der Waals surface area contributed by atoms with Gasteiger partial charge in [-0.25, -0.2) is 21.6 Å². The zero-order valence-corrected chi connectivity index (χ0v) is 12.8. The largest absolute Gasteiger partial charge is 0.228 e. The lowest BCUT2D eigenvalue weighted by Crippen LogP contribution is -2.40. The summed E-state index contributed by atoms with van der Waals surface area (Å²) in [6, 6.07) is 0. The quantitative estimate of drug-likeness (QED) is 0.677. The molecule has 0 atom stereocenters. The number of alkyl halides is 1. The van der Waals surface area contributed by atoms with E-state index in [9.17, 15) is 16.8 Å². The maximum atomic E-state index is 11.5. The van der Waals surface area contributed by atoms with Crippen molar-refractivity contribution in [3.8, 4) is 0 Å². The van der Waals surface area contributed by atoms with Crippen LogP contribution in [0.4, 0.5) is 0 Å². The first-order valence-corrected chi connectivity index (χ1v) is 9.55. The minimum atomic E-state index is -3.80. The van der Waals surface area contributed by atoms with E-state index in [4.69, 9.17) is 11.6 Å². The third kappa shape index (κ3) is 6.59. The van der Waals surface area contributed by atoms with Crippen molar-refractivity contribution in [3.63, 3.8) is 0 Å². The van der Waals surface area contributed by atoms with Crippen LogP contribution in [-0.2, 0) is 19.9 Å². The molecule has 17 heavy (non-hydrogen) atoms. The van der Waals surface area contributed by atoms with E-state index in [-0.39, 0.29) is 12.0 Å². The van der Waals surface area contributed by atoms with Gasteiger partial charge in [0.2, 0.25) is 10.0 Å². The molecule has 0 aliphatic carbocycles. The van der Waals surface area contributed by atoms with Gasteiger partial charge in [0.1, 0.15) is 0 Å². The summed E-state index contributed by atoms with van der Waals surface area (Å²) >= 11 is 5.83. The van der Waals surface area contributed by atoms with Crippen LogP contribution in [0.25, 0.3) is 0 Å². The van der Waals surface area contributed by atoms with Crippen LogP contribution in [-0.4, -0.2) is 40.6 Å². The first-order chi connectivity index (χ1) is 7.60. The van der Waals surface area contributed by atoms with E-state index in [1.807, 2.05) is 13.8 Å². The van der Waals surface area contributed by atoms with Gasteiger partial charge in [-0.05, 0) is 18.3 Å². The Morgan fingerprint density at radius 2 is 1.59 bits per heavy atom. The van der Waals surface area contributed by atoms with E-state index < -0.39 is 24.9 Å². The zero-order valence-electron chi connectivity index (χ0n) is 10.4. The van der Waals surface area contributed by atoms with Crippen LogP contribution >= 0.6 is 11.6 Å². The van der Waals surface area contributed by atoms with E-state index in [1.54, 1.807) is 0 Å². The molecule has 0 saturated heterocycles. The topological polar surface area (TPSA) is 80.3 Å². The molecule has 0 unspecified atom stereocenters. The Morgan fingerprint density at radius 1 is 1.12 bits per heavy atom. The highest BCUT2D eigenvalue weighted by atomic mass is 35.5. The summed E-state index contributed by atoms with van der Waals surface area (Å²) in [6.07, 6.45) is 2.35. The number of sulfonamides is 1. The molecule has 8 heteroatoms. The van der Waals surface area contributed by atoms with Gasteiger partial charge in [-0.1, -0.05) is 13.8 Å². The summed E-state index contributed by atoms with van der Waals surface area (Å²) in [6.45, 7) is 4.02. The van der Waals surface area contributed by atoms with Gasteiger partial charge in [0.05, 0.1) is 0 Å².